The van der Waals surface area contributed by atoms with Crippen molar-refractivity contribution in [3.8, 4) is 0 Å². The Morgan fingerprint density at radius 2 is 1.73 bits per heavy atom. The van der Waals surface area contributed by atoms with Crippen LogP contribution < -0.4 is 9.62 Å². The van der Waals surface area contributed by atoms with Gasteiger partial charge in [-0.2, -0.15) is 0 Å². The highest BCUT2D eigenvalue weighted by Crippen LogP contribution is 2.30. The van der Waals surface area contributed by atoms with Gasteiger partial charge in [0.25, 0.3) is 5.91 Å². The van der Waals surface area contributed by atoms with E-state index in [2.05, 4.69) is 4.72 Å². The number of hydrogen-bond acceptors (Lipinski definition) is 3. The lowest BCUT2D eigenvalue weighted by Crippen LogP contribution is -2.28. The number of anilines is 1. The van der Waals surface area contributed by atoms with Gasteiger partial charge in [0, 0.05) is 29.4 Å². The maximum Gasteiger partial charge on any atom is 0.258 e. The summed E-state index contributed by atoms with van der Waals surface area (Å²) in [7, 11) is -3.75. The van der Waals surface area contributed by atoms with E-state index in [-0.39, 0.29) is 17.3 Å². The molecule has 0 aliphatic carbocycles. The van der Waals surface area contributed by atoms with E-state index >= 15 is 0 Å². The summed E-state index contributed by atoms with van der Waals surface area (Å²) in [6, 6.07) is 16.9. The molecule has 1 heterocycles. The number of benzene rings is 3. The molecule has 3 aromatic rings. The number of sulfonamides is 1. The molecule has 0 unspecified atom stereocenters. The summed E-state index contributed by atoms with van der Waals surface area (Å²) in [5.74, 6) is -0.597. The predicted octanol–water partition coefficient (Wildman–Crippen LogP) is 4.16. The highest BCUT2D eigenvalue weighted by molar-refractivity contribution is 7.89. The average Bonchev–Trinajstić information content (AvgIpc) is 3.16. The summed E-state index contributed by atoms with van der Waals surface area (Å²) < 4.78 is 40.3. The lowest BCUT2D eigenvalue weighted by Gasteiger charge is -2.18. The third-order valence-corrected chi connectivity index (χ3v) is 6.64. The number of nitrogens with one attached hydrogen (secondary N) is 1. The van der Waals surface area contributed by atoms with Crippen LogP contribution in [0.4, 0.5) is 10.1 Å². The Bertz CT molecular complexity index is 1200. The van der Waals surface area contributed by atoms with E-state index in [0.29, 0.717) is 23.6 Å². The number of carbonyl (C=O) groups is 1. The van der Waals surface area contributed by atoms with Crippen molar-refractivity contribution < 1.29 is 17.6 Å². The van der Waals surface area contributed by atoms with Gasteiger partial charge in [-0.25, -0.2) is 17.5 Å². The maximum atomic E-state index is 13.0. The van der Waals surface area contributed by atoms with Crippen molar-refractivity contribution in [2.24, 2.45) is 0 Å². The number of amides is 1. The minimum Gasteiger partial charge on any atom is -0.308 e. The zero-order chi connectivity index (χ0) is 21.3. The first-order valence-electron chi connectivity index (χ1n) is 9.28. The molecule has 30 heavy (non-hydrogen) atoms. The van der Waals surface area contributed by atoms with Crippen LogP contribution in [0, 0.1) is 5.82 Å². The van der Waals surface area contributed by atoms with Crippen LogP contribution in [-0.2, 0) is 23.0 Å². The Hall–Kier alpha value is -2.74. The Labute approximate surface area is 179 Å². The lowest BCUT2D eigenvalue weighted by atomic mass is 10.1. The van der Waals surface area contributed by atoms with Crippen molar-refractivity contribution in [1.82, 2.24) is 4.72 Å². The molecule has 1 aliphatic heterocycles. The second kappa shape index (κ2) is 8.18. The fourth-order valence-electron chi connectivity index (χ4n) is 3.40. The normalized spacial score (nSPS) is 13.3. The largest absolute Gasteiger partial charge is 0.308 e. The number of carbonyl (C=O) groups excluding carboxylic acids is 1. The first-order valence-corrected chi connectivity index (χ1v) is 11.1. The second-order valence-electron chi connectivity index (χ2n) is 6.96. The van der Waals surface area contributed by atoms with Crippen molar-refractivity contribution in [3.63, 3.8) is 0 Å². The van der Waals surface area contributed by atoms with Gasteiger partial charge in [0.1, 0.15) is 5.82 Å². The Kier molecular flexibility index (Phi) is 5.60. The van der Waals surface area contributed by atoms with Crippen LogP contribution in [0.3, 0.4) is 0 Å². The number of halogens is 2. The molecule has 1 N–H and O–H groups in total. The van der Waals surface area contributed by atoms with Crippen LogP contribution in [0.15, 0.2) is 71.6 Å². The van der Waals surface area contributed by atoms with Crippen molar-refractivity contribution in [3.05, 3.63) is 94.3 Å². The topological polar surface area (TPSA) is 66.5 Å². The monoisotopic (exact) mass is 444 g/mol. The SMILES string of the molecule is O=C(c1ccc(Cl)cc1)N1CCc2cc(CNS(=O)(=O)c3ccc(F)cc3)ccc21. The van der Waals surface area contributed by atoms with Crippen LogP contribution >= 0.6 is 11.6 Å². The molecule has 0 saturated carbocycles. The molecule has 1 aliphatic rings. The smallest absolute Gasteiger partial charge is 0.258 e. The highest BCUT2D eigenvalue weighted by atomic mass is 35.5. The van der Waals surface area contributed by atoms with Gasteiger partial charge in [-0.15, -0.1) is 0 Å². The van der Waals surface area contributed by atoms with Crippen molar-refractivity contribution in [2.45, 2.75) is 17.9 Å². The molecular weight excluding hydrogens is 427 g/mol. The van der Waals surface area contributed by atoms with Crippen LogP contribution in [0.25, 0.3) is 0 Å². The highest BCUT2D eigenvalue weighted by Gasteiger charge is 2.26. The van der Waals surface area contributed by atoms with E-state index in [1.807, 2.05) is 12.1 Å². The summed E-state index contributed by atoms with van der Waals surface area (Å²) >= 11 is 5.89. The predicted molar refractivity (Wildman–Crippen MR) is 114 cm³/mol. The van der Waals surface area contributed by atoms with E-state index in [1.54, 1.807) is 35.2 Å². The molecule has 4 rings (SSSR count). The van der Waals surface area contributed by atoms with E-state index in [4.69, 9.17) is 11.6 Å². The van der Waals surface area contributed by atoms with E-state index in [0.717, 1.165) is 28.9 Å². The van der Waals surface area contributed by atoms with Crippen LogP contribution in [0.2, 0.25) is 5.02 Å². The first-order chi connectivity index (χ1) is 14.3. The first kappa shape index (κ1) is 20.5. The molecule has 3 aromatic carbocycles. The summed E-state index contributed by atoms with van der Waals surface area (Å²) in [5.41, 5.74) is 3.14. The molecule has 0 radical (unpaired) electrons. The van der Waals surface area contributed by atoms with Gasteiger partial charge >= 0.3 is 0 Å². The summed E-state index contributed by atoms with van der Waals surface area (Å²) in [4.78, 5) is 14.5. The minimum absolute atomic E-state index is 0.00444. The molecule has 0 aromatic heterocycles. The fourth-order valence-corrected chi connectivity index (χ4v) is 4.54. The van der Waals surface area contributed by atoms with E-state index in [1.165, 1.54) is 12.1 Å². The quantitative estimate of drug-likeness (QED) is 0.642. The number of hydrogen-bond donors (Lipinski definition) is 1. The molecule has 154 valence electrons. The summed E-state index contributed by atoms with van der Waals surface area (Å²) in [6.45, 7) is 0.652. The Morgan fingerprint density at radius 1 is 1.03 bits per heavy atom. The van der Waals surface area contributed by atoms with Crippen LogP contribution in [-0.4, -0.2) is 20.9 Å². The molecule has 1 amide bonds. The second-order valence-corrected chi connectivity index (χ2v) is 9.16. The standard InChI is InChI=1S/C22H18ClFN2O3S/c23-18-4-2-16(3-5-18)22(27)26-12-11-17-13-15(1-10-21(17)26)14-25-30(28,29)20-8-6-19(24)7-9-20/h1-10,13,25H,11-12,14H2. The molecular formula is C22H18ClFN2O3S. The van der Waals surface area contributed by atoms with Gasteiger partial charge in [0.2, 0.25) is 10.0 Å². The number of nitrogens with zero attached hydrogens (tertiary/aromatic N) is 1. The molecule has 5 nitrogen and oxygen atoms in total. The lowest BCUT2D eigenvalue weighted by molar-refractivity contribution is 0.0989. The van der Waals surface area contributed by atoms with Gasteiger partial charge in [0.05, 0.1) is 4.90 Å². The summed E-state index contributed by atoms with van der Waals surface area (Å²) in [5, 5.41) is 0.570. The Balaban J connectivity index is 1.48. The molecule has 0 spiro atoms. The van der Waals surface area contributed by atoms with Gasteiger partial charge < -0.3 is 4.90 Å². The molecule has 0 fully saturated rings. The summed E-state index contributed by atoms with van der Waals surface area (Å²) in [6.07, 6.45) is 0.688. The van der Waals surface area contributed by atoms with Gasteiger partial charge in [-0.05, 0) is 72.1 Å². The zero-order valence-corrected chi connectivity index (χ0v) is 17.4. The molecule has 8 heteroatoms. The van der Waals surface area contributed by atoms with Crippen LogP contribution in [0.5, 0.6) is 0 Å². The van der Waals surface area contributed by atoms with Crippen LogP contribution in [0.1, 0.15) is 21.5 Å². The zero-order valence-electron chi connectivity index (χ0n) is 15.8. The number of rotatable bonds is 5. The third kappa shape index (κ3) is 4.23. The van der Waals surface area contributed by atoms with Gasteiger partial charge in [-0.1, -0.05) is 23.7 Å². The Morgan fingerprint density at radius 3 is 2.43 bits per heavy atom. The van der Waals surface area contributed by atoms with E-state index < -0.39 is 15.8 Å². The van der Waals surface area contributed by atoms with Crippen molar-refractivity contribution in [2.75, 3.05) is 11.4 Å². The van der Waals surface area contributed by atoms with E-state index in [9.17, 15) is 17.6 Å². The molecule has 0 bridgehead atoms. The molecule has 0 saturated heterocycles. The third-order valence-electron chi connectivity index (χ3n) is 4.97. The molecule has 0 atom stereocenters. The van der Waals surface area contributed by atoms with Gasteiger partial charge in [0.15, 0.2) is 0 Å². The van der Waals surface area contributed by atoms with Crippen molar-refractivity contribution in [1.29, 1.82) is 0 Å². The van der Waals surface area contributed by atoms with Crippen molar-refractivity contribution >= 4 is 33.2 Å². The fraction of sp³-hybridized carbons (Fsp3) is 0.136. The minimum atomic E-state index is -3.75. The average molecular weight is 445 g/mol. The number of fused-ring (bicyclic) bond motifs is 1. The van der Waals surface area contributed by atoms with Gasteiger partial charge in [-0.3, -0.25) is 4.79 Å². The maximum absolute atomic E-state index is 13.0.